The molecule has 0 amide bonds. The van der Waals surface area contributed by atoms with Crippen LogP contribution in [0.25, 0.3) is 0 Å². The Balaban J connectivity index is 0.0000140. The van der Waals surface area contributed by atoms with Crippen molar-refractivity contribution >= 4 is 16.6 Å². The van der Waals surface area contributed by atoms with E-state index in [9.17, 15) is 10.2 Å². The summed E-state index contributed by atoms with van der Waals surface area (Å²) in [7, 11) is -3.61. The van der Waals surface area contributed by atoms with Crippen LogP contribution in [-0.2, 0) is 49.7 Å². The van der Waals surface area contributed by atoms with Gasteiger partial charge in [0.2, 0.25) is 0 Å². The average molecular weight is 841 g/mol. The molecule has 2 rings (SSSR count). The summed E-state index contributed by atoms with van der Waals surface area (Å²) < 4.78 is 7.48. The Morgan fingerprint density at radius 1 is 0.547 bits per heavy atom. The van der Waals surface area contributed by atoms with Gasteiger partial charge in [0.1, 0.15) is 11.5 Å². The van der Waals surface area contributed by atoms with Gasteiger partial charge in [0.25, 0.3) is 0 Å². The van der Waals surface area contributed by atoms with Crippen LogP contribution < -0.4 is 0 Å². The molecule has 2 N–H and O–H groups in total. The Morgan fingerprint density at radius 2 is 1.00 bits per heavy atom. The quantitative estimate of drug-likeness (QED) is 0.0438. The van der Waals surface area contributed by atoms with Crippen LogP contribution in [0.2, 0.25) is 37.3 Å². The van der Waals surface area contributed by atoms with Gasteiger partial charge >= 0.3 is 0 Å². The summed E-state index contributed by atoms with van der Waals surface area (Å²) in [6.07, 6.45) is 33.8. The molecular weight excluding hydrogens is 758 g/mol. The van der Waals surface area contributed by atoms with Crippen molar-refractivity contribution in [3.63, 3.8) is 0 Å². The molecule has 0 aromatic heterocycles. The summed E-state index contributed by atoms with van der Waals surface area (Å²) in [4.78, 5) is 0. The number of unbranched alkanes of at least 4 members (excludes halogenated alkanes) is 13. The van der Waals surface area contributed by atoms with Gasteiger partial charge in [-0.25, -0.2) is 0 Å². The first-order chi connectivity index (χ1) is 25.0. The van der Waals surface area contributed by atoms with Gasteiger partial charge in [0, 0.05) is 32.7 Å². The van der Waals surface area contributed by atoms with E-state index in [4.69, 9.17) is 4.12 Å². The number of aromatic hydroxyl groups is 2. The van der Waals surface area contributed by atoms with E-state index in [1.54, 1.807) is 12.1 Å². The van der Waals surface area contributed by atoms with E-state index in [1.807, 2.05) is 24.3 Å². The summed E-state index contributed by atoms with van der Waals surface area (Å²) >= 11 is 0. The molecule has 1 radical (unpaired) electrons. The molecule has 0 saturated heterocycles. The number of phenolic OH excluding ortho intramolecular Hbond substituents is 2. The van der Waals surface area contributed by atoms with Gasteiger partial charge in [-0.15, -0.1) is 0 Å². The maximum absolute atomic E-state index is 9.66. The van der Waals surface area contributed by atoms with Crippen LogP contribution in [0.4, 0.5) is 0 Å². The van der Waals surface area contributed by atoms with Crippen LogP contribution in [-0.4, -0.2) is 26.8 Å². The zero-order valence-electron chi connectivity index (χ0n) is 35.8. The Morgan fingerprint density at radius 3 is 1.49 bits per heavy atom. The van der Waals surface area contributed by atoms with E-state index in [0.717, 1.165) is 29.8 Å². The molecule has 3 nitrogen and oxygen atoms in total. The van der Waals surface area contributed by atoms with E-state index in [0.29, 0.717) is 11.5 Å². The first-order valence-corrected chi connectivity index (χ1v) is 28.0. The third-order valence-electron chi connectivity index (χ3n) is 11.9. The van der Waals surface area contributed by atoms with Crippen LogP contribution in [0.15, 0.2) is 48.5 Å². The summed E-state index contributed by atoms with van der Waals surface area (Å²) in [6.45, 7) is 17.5. The fourth-order valence-corrected chi connectivity index (χ4v) is 19.0. The van der Waals surface area contributed by atoms with E-state index in [2.05, 4.69) is 65.5 Å². The molecule has 301 valence electrons. The second-order valence-electron chi connectivity index (χ2n) is 17.5. The summed E-state index contributed by atoms with van der Waals surface area (Å²) in [5.74, 6) is 1.60. The van der Waals surface area contributed by atoms with Gasteiger partial charge in [-0.1, -0.05) is 161 Å². The first-order valence-electron chi connectivity index (χ1n) is 22.0. The minimum Gasteiger partial charge on any atom is -0.508 e. The van der Waals surface area contributed by atoms with E-state index < -0.39 is 16.6 Å². The largest absolute Gasteiger partial charge is 0.508 e. The summed E-state index contributed by atoms with van der Waals surface area (Å²) in [6, 6.07) is 15.5. The number of hydrogen-bond donors (Lipinski definition) is 2. The van der Waals surface area contributed by atoms with Crippen molar-refractivity contribution in [3.8, 4) is 11.5 Å². The maximum atomic E-state index is 9.66. The Hall–Kier alpha value is -0.462. The van der Waals surface area contributed by atoms with Gasteiger partial charge in [0.05, 0.1) is 0 Å². The molecule has 0 fully saturated rings. The van der Waals surface area contributed by atoms with E-state index >= 15 is 0 Å². The van der Waals surface area contributed by atoms with Crippen LogP contribution in [0.3, 0.4) is 0 Å². The molecular formula is C47H83O3Si2Y-. The smallest absolute Gasteiger partial charge is 0.176 e. The fraction of sp³-hybridized carbons (Fsp3) is 0.723. The third-order valence-corrected chi connectivity index (χ3v) is 21.1. The number of aryl methyl sites for hydroxylation is 2. The van der Waals surface area contributed by atoms with Gasteiger partial charge in [0.15, 0.2) is 16.6 Å². The van der Waals surface area contributed by atoms with Crippen LogP contribution in [0, 0.1) is 12.3 Å². The fourth-order valence-electron chi connectivity index (χ4n) is 8.59. The Labute approximate surface area is 356 Å². The van der Waals surface area contributed by atoms with Crippen LogP contribution in [0.5, 0.6) is 11.5 Å². The van der Waals surface area contributed by atoms with Crippen molar-refractivity contribution < 1.29 is 47.0 Å². The van der Waals surface area contributed by atoms with Crippen LogP contribution >= 0.6 is 0 Å². The maximum Gasteiger partial charge on any atom is 0.176 e. The number of rotatable bonds is 32. The molecule has 0 spiro atoms. The third kappa shape index (κ3) is 23.4. The molecule has 3 atom stereocenters. The van der Waals surface area contributed by atoms with Crippen molar-refractivity contribution in [1.82, 2.24) is 0 Å². The molecule has 0 aliphatic heterocycles. The second kappa shape index (κ2) is 29.7. The Kier molecular flexibility index (Phi) is 28.4. The second-order valence-corrected chi connectivity index (χ2v) is 26.4. The van der Waals surface area contributed by atoms with Crippen molar-refractivity contribution in [2.75, 3.05) is 0 Å². The zero-order valence-corrected chi connectivity index (χ0v) is 40.6. The van der Waals surface area contributed by atoms with Crippen molar-refractivity contribution in [3.05, 3.63) is 66.1 Å². The molecule has 2 aromatic rings. The molecule has 0 bridgehead atoms. The summed E-state index contributed by atoms with van der Waals surface area (Å²) in [5, 5.41) is 19.3. The zero-order chi connectivity index (χ0) is 38.1. The summed E-state index contributed by atoms with van der Waals surface area (Å²) in [5.41, 5.74) is 4.06. The van der Waals surface area contributed by atoms with Crippen molar-refractivity contribution in [1.29, 1.82) is 0 Å². The minimum absolute atomic E-state index is 0. The molecule has 2 aromatic carbocycles. The number of hydrogen-bond acceptors (Lipinski definition) is 3. The molecule has 0 heterocycles. The van der Waals surface area contributed by atoms with Crippen molar-refractivity contribution in [2.24, 2.45) is 5.92 Å². The molecule has 3 unspecified atom stereocenters. The van der Waals surface area contributed by atoms with Gasteiger partial charge in [-0.3, -0.25) is 0 Å². The standard InChI is InChI=1S/C47H83O3Si2.Y/c1-8-27-46(36-24-20-14-12-10-11-13-18-22-30-42-32-25-34-44(48)39-42)51(4,5)50-52(6,7)47(28-9-2)38-37-41(3)29-21-17-15-16-19-23-31-43-33-26-35-45(49)40-43;/h20,25-26,32-35,39-41,46-49H,8-19,21-24,27-31,36-38H2,1-7H3;/q-1;. The molecule has 6 heteroatoms. The minimum atomic E-state index is -1.81. The SMILES string of the molecule is CCCC(CC[CH-]CCCCCCCCc1cccc(O)c1)[Si](C)(C)O[Si](C)(C)C(CCC)CCC(C)CCCCCCCCc1cccc(O)c1.[Y]. The van der Waals surface area contributed by atoms with Crippen LogP contribution in [0.1, 0.15) is 173 Å². The van der Waals surface area contributed by atoms with Crippen molar-refractivity contribution in [2.45, 2.75) is 212 Å². The predicted octanol–water partition coefficient (Wildman–Crippen LogP) is 15.5. The first kappa shape index (κ1) is 50.6. The molecule has 0 aliphatic rings. The Bertz CT molecular complexity index is 1170. The normalized spacial score (nSPS) is 13.8. The predicted molar refractivity (Wildman–Crippen MR) is 234 cm³/mol. The molecule has 0 saturated carbocycles. The number of benzene rings is 2. The van der Waals surface area contributed by atoms with E-state index in [1.165, 1.54) is 152 Å². The van der Waals surface area contributed by atoms with Gasteiger partial charge < -0.3 is 20.7 Å². The van der Waals surface area contributed by atoms with E-state index in [-0.39, 0.29) is 32.7 Å². The molecule has 53 heavy (non-hydrogen) atoms. The average Bonchev–Trinajstić information content (AvgIpc) is 3.09. The molecule has 0 aliphatic carbocycles. The van der Waals surface area contributed by atoms with Gasteiger partial charge in [-0.2, -0.15) is 12.8 Å². The number of phenols is 2. The van der Waals surface area contributed by atoms with Gasteiger partial charge in [-0.05, 0) is 104 Å². The topological polar surface area (TPSA) is 49.7 Å². The monoisotopic (exact) mass is 840 g/mol.